The lowest BCUT2D eigenvalue weighted by Gasteiger charge is -2.08. The number of nitrogens with zero attached hydrogens (tertiary/aromatic N) is 2. The monoisotopic (exact) mass is 301 g/mol. The third-order valence-corrected chi connectivity index (χ3v) is 2.86. The summed E-state index contributed by atoms with van der Waals surface area (Å²) in [5.74, 6) is 0. The minimum atomic E-state index is -2.60. The van der Waals surface area contributed by atoms with Gasteiger partial charge in [-0.15, -0.1) is 0 Å². The highest BCUT2D eigenvalue weighted by Crippen LogP contribution is 2.26. The van der Waals surface area contributed by atoms with Gasteiger partial charge in [0.05, 0.1) is 11.9 Å². The first-order valence-corrected chi connectivity index (χ1v) is 5.73. The van der Waals surface area contributed by atoms with Crippen LogP contribution < -0.4 is 5.73 Å². The quantitative estimate of drug-likeness (QED) is 0.947. The zero-order chi connectivity index (χ0) is 12.4. The normalized spacial score (nSPS) is 11.1. The molecule has 2 rings (SSSR count). The molecule has 2 aromatic rings. The Kier molecular flexibility index (Phi) is 3.54. The minimum absolute atomic E-state index is 0.0493. The Hall–Kier alpha value is -1.27. The number of halogens is 3. The second-order valence-corrected chi connectivity index (χ2v) is 4.37. The van der Waals surface area contributed by atoms with E-state index in [-0.39, 0.29) is 12.2 Å². The molecule has 0 radical (unpaired) electrons. The van der Waals surface area contributed by atoms with Crippen LogP contribution >= 0.6 is 15.9 Å². The average Bonchev–Trinajstić information content (AvgIpc) is 2.72. The van der Waals surface area contributed by atoms with Gasteiger partial charge >= 0.3 is 0 Å². The molecule has 6 heteroatoms. The van der Waals surface area contributed by atoms with E-state index in [4.69, 9.17) is 5.73 Å². The molecule has 1 aromatic carbocycles. The molecule has 1 aromatic heterocycles. The highest BCUT2D eigenvalue weighted by atomic mass is 79.9. The first-order chi connectivity index (χ1) is 8.13. The molecule has 0 saturated carbocycles. The molecule has 17 heavy (non-hydrogen) atoms. The van der Waals surface area contributed by atoms with Gasteiger partial charge in [0.25, 0.3) is 6.43 Å². The van der Waals surface area contributed by atoms with E-state index in [0.29, 0.717) is 11.3 Å². The first-order valence-electron chi connectivity index (χ1n) is 4.94. The number of hydrogen-bond donors (Lipinski definition) is 1. The SMILES string of the molecule is NCc1cnn(-c2cccc(Br)c2)c1C(F)F. The largest absolute Gasteiger partial charge is 0.326 e. The van der Waals surface area contributed by atoms with E-state index in [1.54, 1.807) is 18.2 Å². The number of nitrogens with two attached hydrogens (primary N) is 1. The van der Waals surface area contributed by atoms with E-state index in [9.17, 15) is 8.78 Å². The van der Waals surface area contributed by atoms with Crippen molar-refractivity contribution in [1.29, 1.82) is 0 Å². The van der Waals surface area contributed by atoms with Crippen molar-refractivity contribution in [2.45, 2.75) is 13.0 Å². The van der Waals surface area contributed by atoms with Crippen LogP contribution in [0.5, 0.6) is 0 Å². The molecule has 0 aliphatic heterocycles. The fourth-order valence-electron chi connectivity index (χ4n) is 1.60. The van der Waals surface area contributed by atoms with Gasteiger partial charge in [-0.25, -0.2) is 13.5 Å². The van der Waals surface area contributed by atoms with Crippen LogP contribution in [-0.4, -0.2) is 9.78 Å². The Balaban J connectivity index is 2.56. The second-order valence-electron chi connectivity index (χ2n) is 3.45. The van der Waals surface area contributed by atoms with E-state index in [1.807, 2.05) is 6.07 Å². The summed E-state index contributed by atoms with van der Waals surface area (Å²) in [6.07, 6.45) is -1.22. The lowest BCUT2D eigenvalue weighted by molar-refractivity contribution is 0.141. The van der Waals surface area contributed by atoms with Crippen LogP contribution in [0.1, 0.15) is 17.7 Å². The summed E-state index contributed by atoms with van der Waals surface area (Å²) in [5.41, 5.74) is 6.21. The van der Waals surface area contributed by atoms with Crippen LogP contribution in [0.4, 0.5) is 8.78 Å². The molecule has 0 unspecified atom stereocenters. The van der Waals surface area contributed by atoms with Gasteiger partial charge in [0.1, 0.15) is 5.69 Å². The molecule has 1 heterocycles. The molecule has 0 aliphatic rings. The first kappa shape index (κ1) is 12.2. The van der Waals surface area contributed by atoms with E-state index < -0.39 is 6.43 Å². The van der Waals surface area contributed by atoms with Crippen molar-refractivity contribution in [2.24, 2.45) is 5.73 Å². The Morgan fingerprint density at radius 1 is 1.41 bits per heavy atom. The van der Waals surface area contributed by atoms with Gasteiger partial charge in [-0.05, 0) is 18.2 Å². The van der Waals surface area contributed by atoms with Gasteiger partial charge in [-0.1, -0.05) is 22.0 Å². The molecular weight excluding hydrogens is 292 g/mol. The Morgan fingerprint density at radius 3 is 2.76 bits per heavy atom. The summed E-state index contributed by atoms with van der Waals surface area (Å²) in [5, 5.41) is 3.96. The smallest absolute Gasteiger partial charge is 0.280 e. The number of alkyl halides is 2. The number of benzene rings is 1. The van der Waals surface area contributed by atoms with Gasteiger partial charge in [-0.2, -0.15) is 5.10 Å². The average molecular weight is 302 g/mol. The Bertz CT molecular complexity index is 525. The van der Waals surface area contributed by atoms with E-state index in [0.717, 1.165) is 4.47 Å². The van der Waals surface area contributed by atoms with Crippen molar-refractivity contribution < 1.29 is 8.78 Å². The maximum Gasteiger partial charge on any atom is 0.280 e. The fraction of sp³-hybridized carbons (Fsp3) is 0.182. The maximum absolute atomic E-state index is 13.0. The molecule has 0 spiro atoms. The van der Waals surface area contributed by atoms with Crippen LogP contribution in [0, 0.1) is 0 Å². The molecule has 3 nitrogen and oxygen atoms in total. The molecule has 0 amide bonds. The number of aromatic nitrogens is 2. The minimum Gasteiger partial charge on any atom is -0.326 e. The van der Waals surface area contributed by atoms with Crippen LogP contribution in [0.2, 0.25) is 0 Å². The highest BCUT2D eigenvalue weighted by Gasteiger charge is 2.20. The summed E-state index contributed by atoms with van der Waals surface area (Å²) >= 11 is 3.29. The van der Waals surface area contributed by atoms with Crippen molar-refractivity contribution in [3.63, 3.8) is 0 Å². The van der Waals surface area contributed by atoms with Crippen molar-refractivity contribution in [1.82, 2.24) is 9.78 Å². The predicted octanol–water partition coefficient (Wildman–Crippen LogP) is 3.03. The predicted molar refractivity (Wildman–Crippen MR) is 64.1 cm³/mol. The molecule has 0 atom stereocenters. The van der Waals surface area contributed by atoms with Crippen molar-refractivity contribution in [2.75, 3.05) is 0 Å². The maximum atomic E-state index is 13.0. The van der Waals surface area contributed by atoms with Gasteiger partial charge in [-0.3, -0.25) is 0 Å². The molecule has 0 fully saturated rings. The topological polar surface area (TPSA) is 43.8 Å². The molecule has 0 aliphatic carbocycles. The highest BCUT2D eigenvalue weighted by molar-refractivity contribution is 9.10. The third-order valence-electron chi connectivity index (χ3n) is 2.37. The summed E-state index contributed by atoms with van der Waals surface area (Å²) < 4.78 is 28.0. The van der Waals surface area contributed by atoms with Crippen molar-refractivity contribution >= 4 is 15.9 Å². The van der Waals surface area contributed by atoms with Crippen LogP contribution in [0.25, 0.3) is 5.69 Å². The van der Waals surface area contributed by atoms with Crippen LogP contribution in [0.3, 0.4) is 0 Å². The van der Waals surface area contributed by atoms with Gasteiger partial charge < -0.3 is 5.73 Å². The van der Waals surface area contributed by atoms with Crippen LogP contribution in [-0.2, 0) is 6.54 Å². The number of hydrogen-bond acceptors (Lipinski definition) is 2. The van der Waals surface area contributed by atoms with Gasteiger partial charge in [0, 0.05) is 16.6 Å². The molecular formula is C11H10BrF2N3. The summed E-state index contributed by atoms with van der Waals surface area (Å²) in [4.78, 5) is 0. The molecule has 90 valence electrons. The number of rotatable bonds is 3. The molecule has 0 saturated heterocycles. The molecule has 0 bridgehead atoms. The third kappa shape index (κ3) is 2.37. The van der Waals surface area contributed by atoms with E-state index in [2.05, 4.69) is 21.0 Å². The fourth-order valence-corrected chi connectivity index (χ4v) is 1.98. The second kappa shape index (κ2) is 4.93. The van der Waals surface area contributed by atoms with E-state index >= 15 is 0 Å². The van der Waals surface area contributed by atoms with Gasteiger partial charge in [0.2, 0.25) is 0 Å². The van der Waals surface area contributed by atoms with E-state index in [1.165, 1.54) is 10.9 Å². The van der Waals surface area contributed by atoms with Crippen LogP contribution in [0.15, 0.2) is 34.9 Å². The van der Waals surface area contributed by atoms with Gasteiger partial charge in [0.15, 0.2) is 0 Å². The summed E-state index contributed by atoms with van der Waals surface area (Å²) in [7, 11) is 0. The standard InChI is InChI=1S/C11H10BrF2N3/c12-8-2-1-3-9(4-8)17-10(11(13)14)7(5-15)6-16-17/h1-4,6,11H,5,15H2. The molecule has 2 N–H and O–H groups in total. The zero-order valence-electron chi connectivity index (χ0n) is 8.78. The Labute approximate surface area is 105 Å². The zero-order valence-corrected chi connectivity index (χ0v) is 10.4. The lowest BCUT2D eigenvalue weighted by atomic mass is 10.2. The summed E-state index contributed by atoms with van der Waals surface area (Å²) in [6, 6.07) is 7.01. The van der Waals surface area contributed by atoms with Crippen molar-refractivity contribution in [3.05, 3.63) is 46.2 Å². The Morgan fingerprint density at radius 2 is 2.18 bits per heavy atom. The lowest BCUT2D eigenvalue weighted by Crippen LogP contribution is -2.06. The summed E-state index contributed by atoms with van der Waals surface area (Å²) in [6.45, 7) is 0.0493. The van der Waals surface area contributed by atoms with Crippen molar-refractivity contribution in [3.8, 4) is 5.69 Å².